The quantitative estimate of drug-likeness (QED) is 0.900. The summed E-state index contributed by atoms with van der Waals surface area (Å²) >= 11 is 0. The van der Waals surface area contributed by atoms with E-state index >= 15 is 0 Å². The highest BCUT2D eigenvalue weighted by Crippen LogP contribution is 2.15. The lowest BCUT2D eigenvalue weighted by molar-refractivity contribution is 0.0742. The average Bonchev–Trinajstić information content (AvgIpc) is 3.02. The third kappa shape index (κ3) is 3.22. The van der Waals surface area contributed by atoms with Crippen molar-refractivity contribution in [3.8, 4) is 11.4 Å². The number of aromatic nitrogens is 2. The molecule has 1 unspecified atom stereocenters. The minimum Gasteiger partial charge on any atom is -0.497 e. The van der Waals surface area contributed by atoms with Gasteiger partial charge in [0.15, 0.2) is 5.69 Å². The first-order valence-electron chi connectivity index (χ1n) is 6.74. The first-order chi connectivity index (χ1) is 10.1. The Morgan fingerprint density at radius 1 is 1.38 bits per heavy atom. The summed E-state index contributed by atoms with van der Waals surface area (Å²) in [7, 11) is 3.35. The number of methoxy groups -OCH3 is 1. The van der Waals surface area contributed by atoms with Gasteiger partial charge in [-0.15, -0.1) is 0 Å². The van der Waals surface area contributed by atoms with Crippen molar-refractivity contribution in [3.05, 3.63) is 42.2 Å². The number of rotatable bonds is 5. The van der Waals surface area contributed by atoms with E-state index in [1.54, 1.807) is 36.0 Å². The Kier molecular flexibility index (Phi) is 4.59. The van der Waals surface area contributed by atoms with Gasteiger partial charge in [0.2, 0.25) is 0 Å². The topological polar surface area (TPSA) is 73.4 Å². The van der Waals surface area contributed by atoms with Crippen LogP contribution < -0.4 is 10.5 Å². The molecule has 1 aromatic carbocycles. The van der Waals surface area contributed by atoms with E-state index in [2.05, 4.69) is 5.10 Å². The largest absolute Gasteiger partial charge is 0.497 e. The molecule has 1 amide bonds. The summed E-state index contributed by atoms with van der Waals surface area (Å²) in [4.78, 5) is 13.9. The number of carbonyl (C=O) groups excluding carboxylic acids is 1. The molecule has 1 aromatic heterocycles. The number of nitrogens with two attached hydrogens (primary N) is 1. The van der Waals surface area contributed by atoms with Gasteiger partial charge in [-0.3, -0.25) is 4.79 Å². The van der Waals surface area contributed by atoms with Crippen LogP contribution in [0, 0.1) is 0 Å². The maximum absolute atomic E-state index is 12.3. The van der Waals surface area contributed by atoms with Crippen LogP contribution in [-0.4, -0.2) is 47.3 Å². The molecule has 0 aliphatic carbocycles. The molecule has 0 aliphatic heterocycles. The number of nitrogens with zero attached hydrogens (tertiary/aromatic N) is 3. The monoisotopic (exact) mass is 288 g/mol. The van der Waals surface area contributed by atoms with E-state index in [1.165, 1.54) is 0 Å². The molecule has 0 radical (unpaired) electrons. The fourth-order valence-electron chi connectivity index (χ4n) is 1.86. The Morgan fingerprint density at radius 2 is 2.05 bits per heavy atom. The molecule has 112 valence electrons. The summed E-state index contributed by atoms with van der Waals surface area (Å²) in [6, 6.07) is 9.14. The highest BCUT2D eigenvalue weighted by molar-refractivity contribution is 5.92. The van der Waals surface area contributed by atoms with Crippen LogP contribution in [0.5, 0.6) is 5.75 Å². The number of carbonyl (C=O) groups is 1. The summed E-state index contributed by atoms with van der Waals surface area (Å²) in [5, 5.41) is 4.32. The number of amides is 1. The van der Waals surface area contributed by atoms with Crippen molar-refractivity contribution in [1.29, 1.82) is 0 Å². The number of ether oxygens (including phenoxy) is 1. The molecule has 21 heavy (non-hydrogen) atoms. The minimum atomic E-state index is -0.139. The molecular weight excluding hydrogens is 268 g/mol. The van der Waals surface area contributed by atoms with Gasteiger partial charge in [0.1, 0.15) is 5.75 Å². The van der Waals surface area contributed by atoms with E-state index in [1.807, 2.05) is 31.2 Å². The Labute approximate surface area is 124 Å². The van der Waals surface area contributed by atoms with Gasteiger partial charge in [-0.25, -0.2) is 4.68 Å². The van der Waals surface area contributed by atoms with Crippen LogP contribution in [0.4, 0.5) is 0 Å². The maximum Gasteiger partial charge on any atom is 0.274 e. The molecule has 2 aromatic rings. The molecule has 1 heterocycles. The Morgan fingerprint density at radius 3 is 2.62 bits per heavy atom. The van der Waals surface area contributed by atoms with Crippen LogP contribution in [0.3, 0.4) is 0 Å². The first-order valence-corrected chi connectivity index (χ1v) is 6.74. The van der Waals surface area contributed by atoms with Crippen molar-refractivity contribution in [2.24, 2.45) is 5.73 Å². The summed E-state index contributed by atoms with van der Waals surface area (Å²) in [6.45, 7) is 2.32. The standard InChI is InChI=1S/C15H20N4O2/c1-11(10-16)18(2)15(20)14-8-9-19(17-14)12-4-6-13(21-3)7-5-12/h4-9,11H,10,16H2,1-3H3. The van der Waals surface area contributed by atoms with Crippen LogP contribution in [0.15, 0.2) is 36.5 Å². The minimum absolute atomic E-state index is 0.0244. The second kappa shape index (κ2) is 6.41. The van der Waals surface area contributed by atoms with Crippen molar-refractivity contribution in [1.82, 2.24) is 14.7 Å². The Bertz CT molecular complexity index is 606. The number of benzene rings is 1. The van der Waals surface area contributed by atoms with Crippen LogP contribution in [0.25, 0.3) is 5.69 Å². The Hall–Kier alpha value is -2.34. The summed E-state index contributed by atoms with van der Waals surface area (Å²) < 4.78 is 6.78. The maximum atomic E-state index is 12.3. The zero-order valence-electron chi connectivity index (χ0n) is 12.5. The van der Waals surface area contributed by atoms with Crippen molar-refractivity contribution in [2.45, 2.75) is 13.0 Å². The SMILES string of the molecule is COc1ccc(-n2ccc(C(=O)N(C)C(C)CN)n2)cc1. The molecule has 1 atom stereocenters. The van der Waals surface area contributed by atoms with E-state index < -0.39 is 0 Å². The van der Waals surface area contributed by atoms with E-state index in [9.17, 15) is 4.79 Å². The van der Waals surface area contributed by atoms with Gasteiger partial charge < -0.3 is 15.4 Å². The predicted octanol–water partition coefficient (Wildman–Crippen LogP) is 1.30. The first kappa shape index (κ1) is 15.1. The van der Waals surface area contributed by atoms with Gasteiger partial charge in [0.05, 0.1) is 12.8 Å². The number of hydrogen-bond donors (Lipinski definition) is 1. The van der Waals surface area contributed by atoms with Crippen molar-refractivity contribution in [2.75, 3.05) is 20.7 Å². The van der Waals surface area contributed by atoms with Gasteiger partial charge in [0, 0.05) is 25.8 Å². The van der Waals surface area contributed by atoms with Gasteiger partial charge >= 0.3 is 0 Å². The lowest BCUT2D eigenvalue weighted by atomic mass is 10.2. The summed E-state index contributed by atoms with van der Waals surface area (Å²) in [5.74, 6) is 0.638. The second-order valence-electron chi connectivity index (χ2n) is 4.84. The van der Waals surface area contributed by atoms with Crippen molar-refractivity contribution >= 4 is 5.91 Å². The van der Waals surface area contributed by atoms with Gasteiger partial charge in [-0.2, -0.15) is 5.10 Å². The van der Waals surface area contributed by atoms with E-state index in [-0.39, 0.29) is 11.9 Å². The molecule has 0 fully saturated rings. The molecule has 0 bridgehead atoms. The third-order valence-corrected chi connectivity index (χ3v) is 3.47. The van der Waals surface area contributed by atoms with Crippen LogP contribution in [-0.2, 0) is 0 Å². The molecular formula is C15H20N4O2. The zero-order chi connectivity index (χ0) is 15.4. The van der Waals surface area contributed by atoms with Crippen LogP contribution >= 0.6 is 0 Å². The zero-order valence-corrected chi connectivity index (χ0v) is 12.5. The molecule has 2 N–H and O–H groups in total. The fourth-order valence-corrected chi connectivity index (χ4v) is 1.86. The molecule has 0 aliphatic rings. The number of hydrogen-bond acceptors (Lipinski definition) is 4. The Balaban J connectivity index is 2.19. The molecule has 6 heteroatoms. The second-order valence-corrected chi connectivity index (χ2v) is 4.84. The van der Waals surface area contributed by atoms with E-state index in [0.717, 1.165) is 11.4 Å². The van der Waals surface area contributed by atoms with E-state index in [4.69, 9.17) is 10.5 Å². The molecule has 0 saturated carbocycles. The highest BCUT2D eigenvalue weighted by Gasteiger charge is 2.18. The summed E-state index contributed by atoms with van der Waals surface area (Å²) in [5.41, 5.74) is 6.84. The van der Waals surface area contributed by atoms with E-state index in [0.29, 0.717) is 12.2 Å². The fraction of sp³-hybridized carbons (Fsp3) is 0.333. The summed E-state index contributed by atoms with van der Waals surface area (Å²) in [6.07, 6.45) is 1.76. The molecule has 2 rings (SSSR count). The van der Waals surface area contributed by atoms with Gasteiger partial charge in [-0.1, -0.05) is 0 Å². The predicted molar refractivity (Wildman–Crippen MR) is 80.7 cm³/mol. The van der Waals surface area contributed by atoms with Gasteiger partial charge in [0.25, 0.3) is 5.91 Å². The molecule has 6 nitrogen and oxygen atoms in total. The third-order valence-electron chi connectivity index (χ3n) is 3.47. The molecule has 0 spiro atoms. The van der Waals surface area contributed by atoms with Crippen molar-refractivity contribution < 1.29 is 9.53 Å². The molecule has 0 saturated heterocycles. The van der Waals surface area contributed by atoms with Crippen LogP contribution in [0.1, 0.15) is 17.4 Å². The van der Waals surface area contributed by atoms with Crippen LogP contribution in [0.2, 0.25) is 0 Å². The lowest BCUT2D eigenvalue weighted by Gasteiger charge is -2.22. The van der Waals surface area contributed by atoms with Gasteiger partial charge in [-0.05, 0) is 37.3 Å². The number of likely N-dealkylation sites (N-methyl/N-ethyl adjacent to an activating group) is 1. The lowest BCUT2D eigenvalue weighted by Crippen LogP contribution is -2.39. The average molecular weight is 288 g/mol. The normalized spacial score (nSPS) is 12.0. The smallest absolute Gasteiger partial charge is 0.274 e. The highest BCUT2D eigenvalue weighted by atomic mass is 16.5. The van der Waals surface area contributed by atoms with Crippen molar-refractivity contribution in [3.63, 3.8) is 0 Å².